The van der Waals surface area contributed by atoms with Gasteiger partial charge in [-0.3, -0.25) is 0 Å². The van der Waals surface area contributed by atoms with Crippen LogP contribution in [-0.4, -0.2) is 5.97 Å². The van der Waals surface area contributed by atoms with E-state index in [2.05, 4.69) is 18.4 Å². The summed E-state index contributed by atoms with van der Waals surface area (Å²) in [7, 11) is 0. The van der Waals surface area contributed by atoms with E-state index >= 15 is 0 Å². The SMILES string of the molecule is Cc1ccc(OC(=O)c2cc[n+](CC(C)C)cc2)cc1. The molecule has 0 radical (unpaired) electrons. The van der Waals surface area contributed by atoms with Crippen LogP contribution in [0.5, 0.6) is 5.75 Å². The molecule has 3 heteroatoms. The topological polar surface area (TPSA) is 30.2 Å². The van der Waals surface area contributed by atoms with Crippen LogP contribution >= 0.6 is 0 Å². The smallest absolute Gasteiger partial charge is 0.343 e. The molecule has 0 bridgehead atoms. The third kappa shape index (κ3) is 3.92. The summed E-state index contributed by atoms with van der Waals surface area (Å²) in [5.74, 6) is 0.815. The minimum atomic E-state index is -0.328. The molecule has 0 unspecified atom stereocenters. The number of carbonyl (C=O) groups is 1. The van der Waals surface area contributed by atoms with Gasteiger partial charge in [0.15, 0.2) is 18.9 Å². The average molecular weight is 270 g/mol. The fourth-order valence-corrected chi connectivity index (χ4v) is 1.91. The van der Waals surface area contributed by atoms with Crippen LogP contribution in [0.25, 0.3) is 0 Å². The van der Waals surface area contributed by atoms with E-state index in [-0.39, 0.29) is 5.97 Å². The highest BCUT2D eigenvalue weighted by Gasteiger charge is 2.11. The van der Waals surface area contributed by atoms with Crippen LogP contribution in [0, 0.1) is 12.8 Å². The van der Waals surface area contributed by atoms with Crippen molar-refractivity contribution in [2.24, 2.45) is 5.92 Å². The number of ether oxygens (including phenoxy) is 1. The van der Waals surface area contributed by atoms with E-state index in [1.165, 1.54) is 0 Å². The standard InChI is InChI=1S/C17H20NO2/c1-13(2)12-18-10-8-15(9-11-18)17(19)20-16-6-4-14(3)5-7-16/h4-11,13H,12H2,1-3H3/q+1. The lowest BCUT2D eigenvalue weighted by Gasteiger charge is -2.04. The van der Waals surface area contributed by atoms with Gasteiger partial charge in [-0.1, -0.05) is 31.5 Å². The molecular weight excluding hydrogens is 250 g/mol. The normalized spacial score (nSPS) is 10.6. The Morgan fingerprint density at radius 3 is 2.25 bits per heavy atom. The van der Waals surface area contributed by atoms with E-state index in [1.54, 1.807) is 24.3 Å². The maximum Gasteiger partial charge on any atom is 0.343 e. The maximum atomic E-state index is 12.0. The van der Waals surface area contributed by atoms with Gasteiger partial charge in [0.05, 0.1) is 5.56 Å². The van der Waals surface area contributed by atoms with E-state index < -0.39 is 0 Å². The zero-order chi connectivity index (χ0) is 14.5. The lowest BCUT2D eigenvalue weighted by atomic mass is 10.2. The second kappa shape index (κ2) is 6.33. The number of aryl methyl sites for hydroxylation is 1. The molecule has 2 aromatic rings. The summed E-state index contributed by atoms with van der Waals surface area (Å²) < 4.78 is 7.39. The van der Waals surface area contributed by atoms with Crippen LogP contribution in [0.2, 0.25) is 0 Å². The molecule has 3 nitrogen and oxygen atoms in total. The number of pyridine rings is 1. The van der Waals surface area contributed by atoms with Gasteiger partial charge in [0.25, 0.3) is 0 Å². The third-order valence-electron chi connectivity index (χ3n) is 2.93. The first-order valence-corrected chi connectivity index (χ1v) is 6.82. The van der Waals surface area contributed by atoms with Gasteiger partial charge in [-0.2, -0.15) is 0 Å². The Morgan fingerprint density at radius 1 is 1.10 bits per heavy atom. The van der Waals surface area contributed by atoms with Crippen molar-refractivity contribution in [1.29, 1.82) is 0 Å². The van der Waals surface area contributed by atoms with Crippen molar-refractivity contribution >= 4 is 5.97 Å². The molecule has 20 heavy (non-hydrogen) atoms. The Bertz CT molecular complexity index is 571. The molecular formula is C17H20NO2+. The molecule has 0 spiro atoms. The molecule has 0 amide bonds. The van der Waals surface area contributed by atoms with Gasteiger partial charge in [0.1, 0.15) is 5.75 Å². The van der Waals surface area contributed by atoms with E-state index in [0.29, 0.717) is 17.2 Å². The van der Waals surface area contributed by atoms with Crippen molar-refractivity contribution in [3.63, 3.8) is 0 Å². The minimum absolute atomic E-state index is 0.328. The van der Waals surface area contributed by atoms with Crippen LogP contribution in [-0.2, 0) is 6.54 Å². The van der Waals surface area contributed by atoms with Crippen molar-refractivity contribution in [3.05, 3.63) is 59.9 Å². The summed E-state index contributed by atoms with van der Waals surface area (Å²) in [5, 5.41) is 0. The molecule has 0 saturated carbocycles. The van der Waals surface area contributed by atoms with Crippen LogP contribution < -0.4 is 9.30 Å². The number of carbonyl (C=O) groups excluding carboxylic acids is 1. The van der Waals surface area contributed by atoms with Gasteiger partial charge in [0, 0.05) is 18.1 Å². The van der Waals surface area contributed by atoms with E-state index in [4.69, 9.17) is 4.74 Å². The zero-order valence-electron chi connectivity index (χ0n) is 12.2. The fraction of sp³-hybridized carbons (Fsp3) is 0.294. The van der Waals surface area contributed by atoms with Gasteiger partial charge >= 0.3 is 5.97 Å². The molecule has 0 N–H and O–H groups in total. The second-order valence-corrected chi connectivity index (χ2v) is 5.38. The van der Waals surface area contributed by atoms with Gasteiger partial charge in [-0.15, -0.1) is 0 Å². The van der Waals surface area contributed by atoms with E-state index in [1.807, 2.05) is 31.5 Å². The number of rotatable bonds is 4. The molecule has 2 rings (SSSR count). The predicted molar refractivity (Wildman–Crippen MR) is 77.6 cm³/mol. The summed E-state index contributed by atoms with van der Waals surface area (Å²) in [6.07, 6.45) is 3.82. The fourth-order valence-electron chi connectivity index (χ4n) is 1.91. The molecule has 0 fully saturated rings. The molecule has 0 aliphatic rings. The van der Waals surface area contributed by atoms with E-state index in [0.717, 1.165) is 12.1 Å². The highest BCUT2D eigenvalue weighted by molar-refractivity contribution is 5.90. The lowest BCUT2D eigenvalue weighted by Crippen LogP contribution is -2.35. The van der Waals surface area contributed by atoms with Crippen LogP contribution in [0.15, 0.2) is 48.8 Å². The highest BCUT2D eigenvalue weighted by atomic mass is 16.5. The average Bonchev–Trinajstić information content (AvgIpc) is 2.41. The Balaban J connectivity index is 2.03. The Morgan fingerprint density at radius 2 is 1.70 bits per heavy atom. The third-order valence-corrected chi connectivity index (χ3v) is 2.93. The second-order valence-electron chi connectivity index (χ2n) is 5.38. The molecule has 1 heterocycles. The summed E-state index contributed by atoms with van der Waals surface area (Å²) in [4.78, 5) is 12.0. The molecule has 1 aromatic carbocycles. The number of esters is 1. The Kier molecular flexibility index (Phi) is 4.51. The largest absolute Gasteiger partial charge is 0.423 e. The first-order valence-electron chi connectivity index (χ1n) is 6.82. The first kappa shape index (κ1) is 14.3. The summed E-state index contributed by atoms with van der Waals surface area (Å²) >= 11 is 0. The number of hydrogen-bond donors (Lipinski definition) is 0. The van der Waals surface area contributed by atoms with Gasteiger partial charge in [-0.25, -0.2) is 9.36 Å². The van der Waals surface area contributed by atoms with Crippen molar-refractivity contribution in [2.45, 2.75) is 27.3 Å². The zero-order valence-corrected chi connectivity index (χ0v) is 12.2. The summed E-state index contributed by atoms with van der Waals surface area (Å²) in [6.45, 7) is 7.25. The molecule has 0 atom stereocenters. The number of nitrogens with zero attached hydrogens (tertiary/aromatic N) is 1. The van der Waals surface area contributed by atoms with Gasteiger partial charge < -0.3 is 4.74 Å². The highest BCUT2D eigenvalue weighted by Crippen LogP contribution is 2.13. The summed E-state index contributed by atoms with van der Waals surface area (Å²) in [5.41, 5.74) is 1.70. The number of aromatic nitrogens is 1. The minimum Gasteiger partial charge on any atom is -0.423 e. The predicted octanol–water partition coefficient (Wildman–Crippen LogP) is 3.16. The van der Waals surface area contributed by atoms with Gasteiger partial charge in [0.2, 0.25) is 0 Å². The molecule has 0 aliphatic carbocycles. The number of hydrogen-bond acceptors (Lipinski definition) is 2. The van der Waals surface area contributed by atoms with Crippen molar-refractivity contribution in [3.8, 4) is 5.75 Å². The first-order chi connectivity index (χ1) is 9.54. The van der Waals surface area contributed by atoms with Crippen LogP contribution in [0.1, 0.15) is 29.8 Å². The van der Waals surface area contributed by atoms with E-state index in [9.17, 15) is 4.79 Å². The molecule has 104 valence electrons. The molecule has 0 saturated heterocycles. The van der Waals surface area contributed by atoms with Crippen LogP contribution in [0.4, 0.5) is 0 Å². The van der Waals surface area contributed by atoms with Crippen molar-refractivity contribution in [2.75, 3.05) is 0 Å². The summed E-state index contributed by atoms with van der Waals surface area (Å²) in [6, 6.07) is 11.0. The number of benzene rings is 1. The Hall–Kier alpha value is -2.16. The van der Waals surface area contributed by atoms with Crippen molar-refractivity contribution in [1.82, 2.24) is 0 Å². The van der Waals surface area contributed by atoms with Gasteiger partial charge in [-0.05, 0) is 19.1 Å². The quantitative estimate of drug-likeness (QED) is 0.485. The lowest BCUT2D eigenvalue weighted by molar-refractivity contribution is -0.702. The molecule has 0 aliphatic heterocycles. The van der Waals surface area contributed by atoms with Crippen molar-refractivity contribution < 1.29 is 14.1 Å². The van der Waals surface area contributed by atoms with Crippen LogP contribution in [0.3, 0.4) is 0 Å². The molecule has 1 aromatic heterocycles. The monoisotopic (exact) mass is 270 g/mol. The Labute approximate surface area is 119 Å². The maximum absolute atomic E-state index is 12.0.